The number of hydrogen-bond donors (Lipinski definition) is 0. The average Bonchev–Trinajstić information content (AvgIpc) is 2.54. The van der Waals surface area contributed by atoms with Crippen molar-refractivity contribution in [3.63, 3.8) is 0 Å². The van der Waals surface area contributed by atoms with Crippen LogP contribution in [0.4, 0.5) is 0 Å². The van der Waals surface area contributed by atoms with Gasteiger partial charge in [0.1, 0.15) is 11.4 Å². The molecule has 0 saturated carbocycles. The van der Waals surface area contributed by atoms with E-state index >= 15 is 0 Å². The van der Waals surface area contributed by atoms with Gasteiger partial charge < -0.3 is 0 Å². The summed E-state index contributed by atoms with van der Waals surface area (Å²) in [6, 6.07) is 0. The summed E-state index contributed by atoms with van der Waals surface area (Å²) in [7, 11) is 0. The van der Waals surface area contributed by atoms with Crippen molar-refractivity contribution < 1.29 is 9.59 Å². The molecule has 1 aliphatic carbocycles. The number of fused-ring (bicyclic) bond motifs is 1. The quantitative estimate of drug-likeness (QED) is 0.715. The van der Waals surface area contributed by atoms with E-state index in [9.17, 15) is 9.59 Å². The molecule has 4 nitrogen and oxygen atoms in total. The molecule has 0 N–H and O–H groups in total. The van der Waals surface area contributed by atoms with E-state index in [0.717, 1.165) is 18.3 Å². The van der Waals surface area contributed by atoms with Gasteiger partial charge >= 0.3 is 0 Å². The highest BCUT2D eigenvalue weighted by molar-refractivity contribution is 5.99. The van der Waals surface area contributed by atoms with Crippen LogP contribution in [0.3, 0.4) is 0 Å². The van der Waals surface area contributed by atoms with Crippen molar-refractivity contribution in [2.45, 2.75) is 40.2 Å². The highest BCUT2D eigenvalue weighted by Gasteiger charge is 2.35. The van der Waals surface area contributed by atoms with Crippen molar-refractivity contribution in [1.82, 2.24) is 9.78 Å². The van der Waals surface area contributed by atoms with E-state index in [0.29, 0.717) is 24.4 Å². The minimum Gasteiger partial charge on any atom is -0.296 e. The van der Waals surface area contributed by atoms with Gasteiger partial charge in [0.25, 0.3) is 0 Å². The molecule has 0 amide bonds. The molecule has 2 rings (SSSR count). The average molecular weight is 220 g/mol. The first-order valence-electron chi connectivity index (χ1n) is 5.56. The number of aromatic nitrogens is 2. The predicted molar refractivity (Wildman–Crippen MR) is 59.7 cm³/mol. The molecule has 1 aromatic heterocycles. The lowest BCUT2D eigenvalue weighted by Gasteiger charge is -2.28. The van der Waals surface area contributed by atoms with Crippen molar-refractivity contribution in [2.75, 3.05) is 0 Å². The Morgan fingerprint density at radius 3 is 2.69 bits per heavy atom. The molecule has 0 spiro atoms. The van der Waals surface area contributed by atoms with E-state index in [1.54, 1.807) is 4.68 Å². The highest BCUT2D eigenvalue weighted by atomic mass is 16.1. The number of carbonyl (C=O) groups excluding carboxylic acids is 2. The number of nitrogens with zero attached hydrogens (tertiary/aromatic N) is 2. The summed E-state index contributed by atoms with van der Waals surface area (Å²) in [6.45, 7) is 6.65. The van der Waals surface area contributed by atoms with E-state index in [1.165, 1.54) is 0 Å². The number of ketones is 1. The van der Waals surface area contributed by atoms with Crippen LogP contribution in [-0.4, -0.2) is 21.8 Å². The van der Waals surface area contributed by atoms with Gasteiger partial charge in [0.2, 0.25) is 0 Å². The second kappa shape index (κ2) is 3.54. The Hall–Kier alpha value is -1.45. The summed E-state index contributed by atoms with van der Waals surface area (Å²) in [5, 5.41) is 4.17. The number of rotatable bonds is 2. The SMILES string of the molecule is CCn1nc(C=O)c2c1C(=O)CC(C)(C)C2. The monoisotopic (exact) mass is 220 g/mol. The zero-order chi connectivity index (χ0) is 11.9. The minimum absolute atomic E-state index is 0.0660. The summed E-state index contributed by atoms with van der Waals surface area (Å²) in [6.07, 6.45) is 2.03. The fourth-order valence-corrected chi connectivity index (χ4v) is 2.39. The number of Topliss-reactive ketones (excluding diaryl/α,β-unsaturated/α-hetero) is 1. The molecular formula is C12H16N2O2. The maximum absolute atomic E-state index is 12.0. The molecule has 4 heteroatoms. The highest BCUT2D eigenvalue weighted by Crippen LogP contribution is 2.35. The van der Waals surface area contributed by atoms with Gasteiger partial charge in [0.15, 0.2) is 12.1 Å². The van der Waals surface area contributed by atoms with Crippen LogP contribution in [0, 0.1) is 5.41 Å². The molecule has 0 aliphatic heterocycles. The van der Waals surface area contributed by atoms with Gasteiger partial charge in [-0.2, -0.15) is 5.10 Å². The fourth-order valence-electron chi connectivity index (χ4n) is 2.39. The molecule has 0 saturated heterocycles. The molecule has 1 aliphatic rings. The normalized spacial score (nSPS) is 18.3. The molecule has 0 unspecified atom stereocenters. The maximum atomic E-state index is 12.0. The van der Waals surface area contributed by atoms with Crippen LogP contribution in [-0.2, 0) is 13.0 Å². The van der Waals surface area contributed by atoms with Gasteiger partial charge in [0.05, 0.1) is 0 Å². The van der Waals surface area contributed by atoms with E-state index in [1.807, 2.05) is 20.8 Å². The van der Waals surface area contributed by atoms with Crippen LogP contribution in [0.5, 0.6) is 0 Å². The lowest BCUT2D eigenvalue weighted by atomic mass is 9.75. The third-order valence-electron chi connectivity index (χ3n) is 3.05. The first kappa shape index (κ1) is 11.0. The van der Waals surface area contributed by atoms with Crippen molar-refractivity contribution in [2.24, 2.45) is 5.41 Å². The Kier molecular flexibility index (Phi) is 2.45. The molecule has 0 fully saturated rings. The minimum atomic E-state index is -0.0660. The topological polar surface area (TPSA) is 52.0 Å². The van der Waals surface area contributed by atoms with Crippen molar-refractivity contribution >= 4 is 12.1 Å². The van der Waals surface area contributed by atoms with Gasteiger partial charge in [0, 0.05) is 18.5 Å². The summed E-state index contributed by atoms with van der Waals surface area (Å²) < 4.78 is 1.65. The third-order valence-corrected chi connectivity index (χ3v) is 3.05. The zero-order valence-corrected chi connectivity index (χ0v) is 9.91. The van der Waals surface area contributed by atoms with Crippen LogP contribution in [0.2, 0.25) is 0 Å². The second-order valence-electron chi connectivity index (χ2n) is 5.09. The summed E-state index contributed by atoms with van der Waals surface area (Å²) in [5.41, 5.74) is 1.84. The first-order valence-corrected chi connectivity index (χ1v) is 5.56. The Bertz CT molecular complexity index is 458. The van der Waals surface area contributed by atoms with Crippen molar-refractivity contribution in [3.8, 4) is 0 Å². The Morgan fingerprint density at radius 2 is 2.12 bits per heavy atom. The number of carbonyl (C=O) groups is 2. The van der Waals surface area contributed by atoms with Crippen molar-refractivity contribution in [1.29, 1.82) is 0 Å². The van der Waals surface area contributed by atoms with Crippen LogP contribution >= 0.6 is 0 Å². The zero-order valence-electron chi connectivity index (χ0n) is 9.91. The number of aldehydes is 1. The molecule has 0 atom stereocenters. The molecule has 0 bridgehead atoms. The van der Waals surface area contributed by atoms with Crippen molar-refractivity contribution in [3.05, 3.63) is 17.0 Å². The molecule has 1 heterocycles. The van der Waals surface area contributed by atoms with E-state index in [-0.39, 0.29) is 11.2 Å². The molecule has 86 valence electrons. The summed E-state index contributed by atoms with van der Waals surface area (Å²) >= 11 is 0. The molecule has 0 radical (unpaired) electrons. The lowest BCUT2D eigenvalue weighted by Crippen LogP contribution is -2.28. The summed E-state index contributed by atoms with van der Waals surface area (Å²) in [4.78, 5) is 23.0. The standard InChI is InChI=1S/C12H16N2O2/c1-4-14-11-8(9(7-15)13-14)5-12(2,3)6-10(11)16/h7H,4-6H2,1-3H3. The fraction of sp³-hybridized carbons (Fsp3) is 0.583. The Balaban J connectivity index is 2.61. The Morgan fingerprint density at radius 1 is 1.44 bits per heavy atom. The molecular weight excluding hydrogens is 204 g/mol. The molecule has 0 aromatic carbocycles. The van der Waals surface area contributed by atoms with Gasteiger partial charge in [-0.25, -0.2) is 0 Å². The third kappa shape index (κ3) is 1.58. The smallest absolute Gasteiger partial charge is 0.181 e. The van der Waals surface area contributed by atoms with E-state index in [4.69, 9.17) is 0 Å². The van der Waals surface area contributed by atoms with Gasteiger partial charge in [-0.15, -0.1) is 0 Å². The lowest BCUT2D eigenvalue weighted by molar-refractivity contribution is 0.0901. The van der Waals surface area contributed by atoms with Gasteiger partial charge in [-0.3, -0.25) is 14.3 Å². The first-order chi connectivity index (χ1) is 7.48. The predicted octanol–water partition coefficient (Wildman–Crippen LogP) is 1.87. The maximum Gasteiger partial charge on any atom is 0.181 e. The second-order valence-corrected chi connectivity index (χ2v) is 5.09. The Labute approximate surface area is 94.6 Å². The van der Waals surface area contributed by atoms with Gasteiger partial charge in [-0.05, 0) is 18.8 Å². The van der Waals surface area contributed by atoms with E-state index in [2.05, 4.69) is 5.10 Å². The van der Waals surface area contributed by atoms with E-state index < -0.39 is 0 Å². The number of aryl methyl sites for hydroxylation is 1. The number of hydrogen-bond acceptors (Lipinski definition) is 3. The van der Waals surface area contributed by atoms with Crippen LogP contribution in [0.15, 0.2) is 0 Å². The largest absolute Gasteiger partial charge is 0.296 e. The molecule has 1 aromatic rings. The summed E-state index contributed by atoms with van der Waals surface area (Å²) in [5.74, 6) is 0.105. The van der Waals surface area contributed by atoms with Crippen LogP contribution < -0.4 is 0 Å². The van der Waals surface area contributed by atoms with Crippen LogP contribution in [0.1, 0.15) is 53.7 Å². The molecule has 16 heavy (non-hydrogen) atoms. The van der Waals surface area contributed by atoms with Gasteiger partial charge in [-0.1, -0.05) is 13.8 Å². The van der Waals surface area contributed by atoms with Crippen LogP contribution in [0.25, 0.3) is 0 Å².